The molecule has 0 radical (unpaired) electrons. The van der Waals surface area contributed by atoms with Crippen LogP contribution in [0, 0.1) is 5.41 Å². The Morgan fingerprint density at radius 3 is 2.34 bits per heavy atom. The van der Waals surface area contributed by atoms with E-state index < -0.39 is 47.4 Å². The third-order valence-corrected chi connectivity index (χ3v) is 6.60. The number of aliphatic hydroxyl groups excluding tert-OH is 1. The van der Waals surface area contributed by atoms with Gasteiger partial charge in [-0.05, 0) is 23.1 Å². The van der Waals surface area contributed by atoms with Crippen LogP contribution < -0.4 is 16.4 Å². The number of carbonyl (C=O) groups is 4. The van der Waals surface area contributed by atoms with E-state index in [4.69, 9.17) is 17.3 Å². The summed E-state index contributed by atoms with van der Waals surface area (Å²) in [6, 6.07) is 9.60. The third kappa shape index (κ3) is 7.29. The lowest BCUT2D eigenvalue weighted by atomic mass is 9.85. The van der Waals surface area contributed by atoms with Crippen molar-refractivity contribution >= 4 is 35.2 Å². The zero-order chi connectivity index (χ0) is 28.2. The highest BCUT2D eigenvalue weighted by Gasteiger charge is 2.44. The Morgan fingerprint density at radius 2 is 1.79 bits per heavy atom. The number of nitrogens with zero attached hydrogens (tertiary/aromatic N) is 2. The second-order valence-corrected chi connectivity index (χ2v) is 11.0. The van der Waals surface area contributed by atoms with E-state index in [0.717, 1.165) is 11.1 Å². The fourth-order valence-corrected chi connectivity index (χ4v) is 4.59. The van der Waals surface area contributed by atoms with Gasteiger partial charge in [-0.15, -0.1) is 0 Å². The molecule has 0 aliphatic carbocycles. The largest absolute Gasteiger partial charge is 0.391 e. The number of hydrogen-bond acceptors (Lipinski definition) is 6. The number of benzene rings is 1. The molecule has 0 saturated carbocycles. The predicted octanol–water partition coefficient (Wildman–Crippen LogP) is 1.43. The number of nitrogens with two attached hydrogens (primary N) is 1. The van der Waals surface area contributed by atoms with Gasteiger partial charge in [-0.2, -0.15) is 0 Å². The molecule has 1 aliphatic rings. The first-order valence-corrected chi connectivity index (χ1v) is 12.7. The monoisotopic (exact) mass is 543 g/mol. The number of likely N-dealkylation sites (tertiary alicyclic amines) is 1. The summed E-state index contributed by atoms with van der Waals surface area (Å²) < 4.78 is 0. The minimum atomic E-state index is -1.04. The van der Waals surface area contributed by atoms with Gasteiger partial charge in [0, 0.05) is 31.9 Å². The number of carbonyl (C=O) groups excluding carboxylic acids is 4. The molecule has 3 rings (SSSR count). The van der Waals surface area contributed by atoms with Gasteiger partial charge < -0.3 is 26.4 Å². The van der Waals surface area contributed by atoms with Crippen molar-refractivity contribution in [2.24, 2.45) is 11.1 Å². The minimum absolute atomic E-state index is 0.00131. The second kappa shape index (κ2) is 11.9. The number of hydrogen-bond donors (Lipinski definition) is 4. The first-order chi connectivity index (χ1) is 17.8. The van der Waals surface area contributed by atoms with E-state index in [9.17, 15) is 24.3 Å². The van der Waals surface area contributed by atoms with Gasteiger partial charge in [-0.25, -0.2) is 4.98 Å². The topological polar surface area (TPSA) is 155 Å². The highest BCUT2D eigenvalue weighted by atomic mass is 35.5. The lowest BCUT2D eigenvalue weighted by molar-refractivity contribution is -0.144. The Balaban J connectivity index is 1.74. The summed E-state index contributed by atoms with van der Waals surface area (Å²) in [5, 5.41) is 16.0. The molecule has 0 unspecified atom stereocenters. The number of aliphatic hydroxyl groups is 1. The molecule has 2 heterocycles. The Kier molecular flexibility index (Phi) is 9.11. The molecule has 1 aromatic heterocycles. The first kappa shape index (κ1) is 29.1. The van der Waals surface area contributed by atoms with Crippen LogP contribution in [0.4, 0.5) is 0 Å². The summed E-state index contributed by atoms with van der Waals surface area (Å²) in [4.78, 5) is 56.1. The van der Waals surface area contributed by atoms with E-state index in [2.05, 4.69) is 15.6 Å². The van der Waals surface area contributed by atoms with Crippen LogP contribution in [0.25, 0.3) is 11.3 Å². The molecule has 11 heteroatoms. The number of β-amino-alcohol motifs (C(OH)–C–C–N with tert-alkyl or cyclic N) is 1. The molecule has 0 spiro atoms. The van der Waals surface area contributed by atoms with Crippen molar-refractivity contribution in [3.8, 4) is 11.3 Å². The van der Waals surface area contributed by atoms with Crippen molar-refractivity contribution in [2.75, 3.05) is 6.54 Å². The third-order valence-electron chi connectivity index (χ3n) is 6.39. The van der Waals surface area contributed by atoms with Crippen LogP contribution in [0.1, 0.15) is 39.7 Å². The van der Waals surface area contributed by atoms with Crippen molar-refractivity contribution < 1.29 is 24.3 Å². The van der Waals surface area contributed by atoms with Crippen LogP contribution in [0.5, 0.6) is 0 Å². The molecule has 1 aliphatic heterocycles. The Morgan fingerprint density at radius 1 is 1.13 bits per heavy atom. The van der Waals surface area contributed by atoms with Gasteiger partial charge in [-0.3, -0.25) is 19.2 Å². The van der Waals surface area contributed by atoms with Crippen LogP contribution >= 0.6 is 11.6 Å². The van der Waals surface area contributed by atoms with E-state index in [-0.39, 0.29) is 25.3 Å². The fraction of sp³-hybridized carbons (Fsp3) is 0.444. The normalized spacial score (nSPS) is 18.9. The highest BCUT2D eigenvalue weighted by Crippen LogP contribution is 2.26. The number of nitrogens with one attached hydrogen (secondary N) is 2. The van der Waals surface area contributed by atoms with Gasteiger partial charge in [0.2, 0.25) is 23.6 Å². The summed E-state index contributed by atoms with van der Waals surface area (Å²) in [7, 11) is 0. The molecule has 1 aromatic carbocycles. The van der Waals surface area contributed by atoms with Gasteiger partial charge in [-0.1, -0.05) is 62.7 Å². The number of aromatic nitrogens is 1. The van der Waals surface area contributed by atoms with Crippen molar-refractivity contribution in [3.05, 3.63) is 53.2 Å². The maximum Gasteiger partial charge on any atom is 0.246 e. The van der Waals surface area contributed by atoms with Crippen molar-refractivity contribution in [1.82, 2.24) is 20.5 Å². The Labute approximate surface area is 226 Å². The van der Waals surface area contributed by atoms with Crippen LogP contribution in [-0.2, 0) is 25.6 Å². The van der Waals surface area contributed by atoms with Crippen molar-refractivity contribution in [3.63, 3.8) is 0 Å². The molecule has 5 N–H and O–H groups in total. The van der Waals surface area contributed by atoms with Crippen molar-refractivity contribution in [1.29, 1.82) is 0 Å². The second-order valence-electron chi connectivity index (χ2n) is 10.6. The number of amides is 4. The molecule has 38 heavy (non-hydrogen) atoms. The van der Waals surface area contributed by atoms with Crippen LogP contribution in [0.3, 0.4) is 0 Å². The van der Waals surface area contributed by atoms with E-state index in [1.165, 1.54) is 11.8 Å². The summed E-state index contributed by atoms with van der Waals surface area (Å²) in [5.74, 6) is -2.20. The minimum Gasteiger partial charge on any atom is -0.391 e. The van der Waals surface area contributed by atoms with Crippen LogP contribution in [0.15, 0.2) is 42.5 Å². The SMILES string of the molecule is CC(=O)N[C@H](C(=O)N1C[C@H](O)C[C@H]1C(=O)N[C@H](Cc1ccc(-c2cccc(Cl)n2)cc1)C(N)=O)C(C)(C)C. The fourth-order valence-electron chi connectivity index (χ4n) is 4.43. The molecular weight excluding hydrogens is 510 g/mol. The van der Waals surface area contributed by atoms with E-state index in [0.29, 0.717) is 10.8 Å². The van der Waals surface area contributed by atoms with Gasteiger partial charge in [0.15, 0.2) is 0 Å². The zero-order valence-electron chi connectivity index (χ0n) is 21.9. The smallest absolute Gasteiger partial charge is 0.246 e. The van der Waals surface area contributed by atoms with Crippen LogP contribution in [0.2, 0.25) is 5.15 Å². The molecule has 1 saturated heterocycles. The zero-order valence-corrected chi connectivity index (χ0v) is 22.7. The summed E-state index contributed by atoms with van der Waals surface area (Å²) in [5.41, 5.74) is 7.23. The quantitative estimate of drug-likeness (QED) is 0.369. The van der Waals surface area contributed by atoms with E-state index >= 15 is 0 Å². The van der Waals surface area contributed by atoms with Gasteiger partial charge in [0.05, 0.1) is 11.8 Å². The molecule has 4 amide bonds. The summed E-state index contributed by atoms with van der Waals surface area (Å²) in [6.45, 7) is 6.63. The van der Waals surface area contributed by atoms with Gasteiger partial charge in [0.1, 0.15) is 23.3 Å². The van der Waals surface area contributed by atoms with Crippen LogP contribution in [-0.4, -0.2) is 69.4 Å². The van der Waals surface area contributed by atoms with Crippen molar-refractivity contribution in [2.45, 2.75) is 64.8 Å². The predicted molar refractivity (Wildman–Crippen MR) is 143 cm³/mol. The molecule has 4 atom stereocenters. The molecule has 1 fully saturated rings. The molecule has 0 bridgehead atoms. The highest BCUT2D eigenvalue weighted by molar-refractivity contribution is 6.29. The lowest BCUT2D eigenvalue weighted by Gasteiger charge is -2.35. The average Bonchev–Trinajstić information content (AvgIpc) is 3.23. The first-order valence-electron chi connectivity index (χ1n) is 12.3. The van der Waals surface area contributed by atoms with E-state index in [1.807, 2.05) is 18.2 Å². The number of rotatable bonds is 8. The Bertz CT molecular complexity index is 1200. The number of halogens is 1. The summed E-state index contributed by atoms with van der Waals surface area (Å²) in [6.07, 6.45) is -0.793. The number of pyridine rings is 1. The maximum atomic E-state index is 13.4. The summed E-state index contributed by atoms with van der Waals surface area (Å²) >= 11 is 5.97. The average molecular weight is 544 g/mol. The van der Waals surface area contributed by atoms with Gasteiger partial charge in [0.25, 0.3) is 0 Å². The Hall–Kier alpha value is -3.50. The lowest BCUT2D eigenvalue weighted by Crippen LogP contribution is -2.58. The standard InChI is InChI=1S/C27H34ClN5O5/c1-15(34)30-23(27(2,3)4)26(38)33-14-18(35)13-21(33)25(37)32-20(24(29)36)12-16-8-10-17(11-9-16)19-6-5-7-22(28)31-19/h5-11,18,20-21,23,35H,12-14H2,1-4H3,(H2,29,36)(H,30,34)(H,32,37)/t18-,20-,21+,23-/m1/s1. The molecule has 10 nitrogen and oxygen atoms in total. The van der Waals surface area contributed by atoms with E-state index in [1.54, 1.807) is 45.0 Å². The molecule has 204 valence electrons. The maximum absolute atomic E-state index is 13.4. The molecular formula is C27H34ClN5O5. The van der Waals surface area contributed by atoms with Gasteiger partial charge >= 0.3 is 0 Å². The number of primary amides is 1. The molecule has 2 aromatic rings.